The van der Waals surface area contributed by atoms with E-state index in [1.54, 1.807) is 19.1 Å². The first kappa shape index (κ1) is 20.7. The highest BCUT2D eigenvalue weighted by atomic mass is 16.5. The Bertz CT molecular complexity index is 868. The smallest absolute Gasteiger partial charge is 0.245 e. The largest absolute Gasteiger partial charge is 0.493 e. The van der Waals surface area contributed by atoms with Gasteiger partial charge in [0, 0.05) is 19.5 Å². The summed E-state index contributed by atoms with van der Waals surface area (Å²) in [6, 6.07) is 15.5. The van der Waals surface area contributed by atoms with Crippen molar-refractivity contribution >= 4 is 11.8 Å². The predicted octanol–water partition coefficient (Wildman–Crippen LogP) is 2.94. The van der Waals surface area contributed by atoms with Crippen LogP contribution in [-0.4, -0.2) is 43.0 Å². The molecule has 154 valence electrons. The Morgan fingerprint density at radius 3 is 2.48 bits per heavy atom. The molecule has 0 bridgehead atoms. The lowest BCUT2D eigenvalue weighted by Gasteiger charge is -2.34. The first-order valence-electron chi connectivity index (χ1n) is 9.81. The van der Waals surface area contributed by atoms with Gasteiger partial charge in [0.15, 0.2) is 11.5 Å². The van der Waals surface area contributed by atoms with Gasteiger partial charge in [-0.1, -0.05) is 36.4 Å². The molecule has 1 N–H and O–H groups in total. The Balaban J connectivity index is 1.62. The maximum Gasteiger partial charge on any atom is 0.245 e. The van der Waals surface area contributed by atoms with Crippen molar-refractivity contribution in [3.63, 3.8) is 0 Å². The van der Waals surface area contributed by atoms with Crippen molar-refractivity contribution in [1.82, 2.24) is 10.2 Å². The van der Waals surface area contributed by atoms with Crippen LogP contribution >= 0.6 is 0 Å². The Morgan fingerprint density at radius 1 is 1.07 bits per heavy atom. The number of amides is 2. The van der Waals surface area contributed by atoms with Gasteiger partial charge in [-0.05, 0) is 43.0 Å². The zero-order valence-electron chi connectivity index (χ0n) is 17.2. The number of carbonyl (C=O) groups is 2. The van der Waals surface area contributed by atoms with Crippen LogP contribution in [0.1, 0.15) is 30.9 Å². The number of benzene rings is 2. The molecule has 3 rings (SSSR count). The number of methoxy groups -OCH3 is 2. The van der Waals surface area contributed by atoms with E-state index in [2.05, 4.69) is 5.32 Å². The molecule has 0 unspecified atom stereocenters. The quantitative estimate of drug-likeness (QED) is 0.745. The standard InChI is InChI=1S/C23H28N2O4/c1-23(13-11-21(26)25(23)16-18-7-5-4-6-8-18)22(27)24-14-12-17-9-10-19(28-2)20(15-17)29-3/h4-10,15H,11-14,16H2,1-3H3,(H,24,27)/t23-/m1/s1. The fraction of sp³-hybridized carbons (Fsp3) is 0.391. The Kier molecular flexibility index (Phi) is 6.42. The molecule has 2 aromatic carbocycles. The van der Waals surface area contributed by atoms with Gasteiger partial charge in [0.05, 0.1) is 14.2 Å². The van der Waals surface area contributed by atoms with Gasteiger partial charge < -0.3 is 19.7 Å². The number of carbonyl (C=O) groups excluding carboxylic acids is 2. The first-order chi connectivity index (χ1) is 14.0. The van der Waals surface area contributed by atoms with Gasteiger partial charge in [0.25, 0.3) is 0 Å². The second-order valence-corrected chi connectivity index (χ2v) is 7.43. The summed E-state index contributed by atoms with van der Waals surface area (Å²) in [7, 11) is 3.20. The van der Waals surface area contributed by atoms with Gasteiger partial charge in [-0.2, -0.15) is 0 Å². The van der Waals surface area contributed by atoms with Crippen molar-refractivity contribution in [3.05, 3.63) is 59.7 Å². The van der Waals surface area contributed by atoms with Crippen LogP contribution in [0.25, 0.3) is 0 Å². The minimum absolute atomic E-state index is 0.0198. The second-order valence-electron chi connectivity index (χ2n) is 7.43. The van der Waals surface area contributed by atoms with Crippen LogP contribution in [0, 0.1) is 0 Å². The van der Waals surface area contributed by atoms with Gasteiger partial charge in [-0.25, -0.2) is 0 Å². The number of nitrogens with one attached hydrogen (secondary N) is 1. The molecular weight excluding hydrogens is 368 g/mol. The van der Waals surface area contributed by atoms with Crippen LogP contribution in [-0.2, 0) is 22.6 Å². The predicted molar refractivity (Wildman–Crippen MR) is 111 cm³/mol. The molecule has 1 aliphatic heterocycles. The van der Waals surface area contributed by atoms with Crippen molar-refractivity contribution in [1.29, 1.82) is 0 Å². The van der Waals surface area contributed by atoms with E-state index in [0.29, 0.717) is 43.9 Å². The molecule has 1 fully saturated rings. The van der Waals surface area contributed by atoms with E-state index in [0.717, 1.165) is 11.1 Å². The number of likely N-dealkylation sites (tertiary alicyclic amines) is 1. The summed E-state index contributed by atoms with van der Waals surface area (Å²) in [4.78, 5) is 27.1. The topological polar surface area (TPSA) is 67.9 Å². The van der Waals surface area contributed by atoms with Crippen molar-refractivity contribution in [2.24, 2.45) is 0 Å². The number of hydrogen-bond donors (Lipinski definition) is 1. The molecule has 1 atom stereocenters. The molecule has 6 heteroatoms. The molecule has 1 heterocycles. The van der Waals surface area contributed by atoms with Gasteiger partial charge in [-0.15, -0.1) is 0 Å². The summed E-state index contributed by atoms with van der Waals surface area (Å²) in [5.74, 6) is 1.25. The average molecular weight is 396 g/mol. The molecule has 0 radical (unpaired) electrons. The molecule has 1 saturated heterocycles. The fourth-order valence-corrected chi connectivity index (χ4v) is 3.71. The number of nitrogens with zero attached hydrogens (tertiary/aromatic N) is 1. The minimum atomic E-state index is -0.829. The highest BCUT2D eigenvalue weighted by molar-refractivity contribution is 5.94. The van der Waals surface area contributed by atoms with Crippen LogP contribution in [0.15, 0.2) is 48.5 Å². The van der Waals surface area contributed by atoms with Gasteiger partial charge in [0.1, 0.15) is 5.54 Å². The molecule has 0 spiro atoms. The van der Waals surface area contributed by atoms with Crippen molar-refractivity contribution in [2.45, 2.75) is 38.3 Å². The van der Waals surface area contributed by atoms with Crippen LogP contribution in [0.5, 0.6) is 11.5 Å². The third kappa shape index (κ3) is 4.53. The first-order valence-corrected chi connectivity index (χ1v) is 9.81. The third-order valence-electron chi connectivity index (χ3n) is 5.54. The lowest BCUT2D eigenvalue weighted by Crippen LogP contribution is -2.54. The van der Waals surface area contributed by atoms with Gasteiger partial charge >= 0.3 is 0 Å². The molecule has 6 nitrogen and oxygen atoms in total. The highest BCUT2D eigenvalue weighted by Gasteiger charge is 2.46. The molecule has 29 heavy (non-hydrogen) atoms. The third-order valence-corrected chi connectivity index (χ3v) is 5.54. The van der Waals surface area contributed by atoms with E-state index in [-0.39, 0.29) is 11.8 Å². The molecule has 2 aromatic rings. The van der Waals surface area contributed by atoms with Crippen molar-refractivity contribution in [2.75, 3.05) is 20.8 Å². The molecule has 1 aliphatic rings. The maximum atomic E-state index is 13.0. The van der Waals surface area contributed by atoms with E-state index >= 15 is 0 Å². The summed E-state index contributed by atoms with van der Waals surface area (Å²) in [5, 5.41) is 3.01. The van der Waals surface area contributed by atoms with Crippen LogP contribution < -0.4 is 14.8 Å². The summed E-state index contributed by atoms with van der Waals surface area (Å²) >= 11 is 0. The molecule has 0 aromatic heterocycles. The Hall–Kier alpha value is -3.02. The monoisotopic (exact) mass is 396 g/mol. The Morgan fingerprint density at radius 2 is 1.79 bits per heavy atom. The second kappa shape index (κ2) is 8.99. The maximum absolute atomic E-state index is 13.0. The summed E-state index contributed by atoms with van der Waals surface area (Å²) < 4.78 is 10.6. The van der Waals surface area contributed by atoms with E-state index in [9.17, 15) is 9.59 Å². The average Bonchev–Trinajstić information content (AvgIpc) is 3.04. The summed E-state index contributed by atoms with van der Waals surface area (Å²) in [5.41, 5.74) is 1.23. The zero-order chi connectivity index (χ0) is 20.9. The normalized spacial score (nSPS) is 18.6. The lowest BCUT2D eigenvalue weighted by atomic mass is 9.97. The fourth-order valence-electron chi connectivity index (χ4n) is 3.71. The van der Waals surface area contributed by atoms with E-state index in [1.165, 1.54) is 0 Å². The van der Waals surface area contributed by atoms with Crippen molar-refractivity contribution < 1.29 is 19.1 Å². The molecular formula is C23H28N2O4. The molecule has 0 saturated carbocycles. The number of hydrogen-bond acceptors (Lipinski definition) is 4. The molecule has 0 aliphatic carbocycles. The number of rotatable bonds is 8. The van der Waals surface area contributed by atoms with Crippen LogP contribution in [0.3, 0.4) is 0 Å². The van der Waals surface area contributed by atoms with Crippen LogP contribution in [0.2, 0.25) is 0 Å². The molecule has 2 amide bonds. The summed E-state index contributed by atoms with van der Waals surface area (Å²) in [6.07, 6.45) is 1.59. The van der Waals surface area contributed by atoms with E-state index in [1.807, 2.05) is 55.5 Å². The Labute approximate surface area is 171 Å². The van der Waals surface area contributed by atoms with Gasteiger partial charge in [0.2, 0.25) is 11.8 Å². The van der Waals surface area contributed by atoms with Crippen LogP contribution in [0.4, 0.5) is 0 Å². The van der Waals surface area contributed by atoms with Gasteiger partial charge in [-0.3, -0.25) is 9.59 Å². The van der Waals surface area contributed by atoms with Crippen molar-refractivity contribution in [3.8, 4) is 11.5 Å². The SMILES string of the molecule is COc1ccc(CCNC(=O)[C@@]2(C)CCC(=O)N2Cc2ccccc2)cc1OC. The van der Waals surface area contributed by atoms with E-state index in [4.69, 9.17) is 9.47 Å². The lowest BCUT2D eigenvalue weighted by molar-refractivity contribution is -0.141. The minimum Gasteiger partial charge on any atom is -0.493 e. The highest BCUT2D eigenvalue weighted by Crippen LogP contribution is 2.32. The zero-order valence-corrected chi connectivity index (χ0v) is 17.2. The van der Waals surface area contributed by atoms with E-state index < -0.39 is 5.54 Å². The summed E-state index contributed by atoms with van der Waals surface area (Å²) in [6.45, 7) is 2.78. The number of ether oxygens (including phenoxy) is 2.